The molecule has 0 aliphatic carbocycles. The number of hydrogen-bond donors (Lipinski definition) is 1. The van der Waals surface area contributed by atoms with E-state index in [0.29, 0.717) is 32.6 Å². The van der Waals surface area contributed by atoms with Crippen molar-refractivity contribution in [2.75, 3.05) is 26.2 Å². The number of benzene rings is 2. The van der Waals surface area contributed by atoms with E-state index in [9.17, 15) is 19.7 Å². The first-order valence-electron chi connectivity index (χ1n) is 9.51. The van der Waals surface area contributed by atoms with Crippen molar-refractivity contribution in [3.8, 4) is 0 Å². The Labute approximate surface area is 168 Å². The molecule has 1 aliphatic rings. The summed E-state index contributed by atoms with van der Waals surface area (Å²) < 4.78 is 0. The smallest absolute Gasteiger partial charge is 0.303 e. The highest BCUT2D eigenvalue weighted by molar-refractivity contribution is 5.98. The van der Waals surface area contributed by atoms with Crippen LogP contribution in [0.15, 0.2) is 54.6 Å². The van der Waals surface area contributed by atoms with Gasteiger partial charge in [-0.1, -0.05) is 42.5 Å². The lowest BCUT2D eigenvalue weighted by atomic mass is 9.99. The summed E-state index contributed by atoms with van der Waals surface area (Å²) in [6.07, 6.45) is 0.548. The van der Waals surface area contributed by atoms with E-state index >= 15 is 0 Å². The van der Waals surface area contributed by atoms with Crippen LogP contribution in [-0.4, -0.2) is 57.9 Å². The molecule has 0 unspecified atom stereocenters. The summed E-state index contributed by atoms with van der Waals surface area (Å²) in [7, 11) is 0. The molecule has 1 fully saturated rings. The average molecular weight is 397 g/mol. The minimum atomic E-state index is -0.837. The highest BCUT2D eigenvalue weighted by atomic mass is 16.6. The molecule has 3 rings (SSSR count). The molecule has 8 heteroatoms. The van der Waals surface area contributed by atoms with Crippen molar-refractivity contribution in [1.29, 1.82) is 0 Å². The highest BCUT2D eigenvalue weighted by Gasteiger charge is 2.30. The van der Waals surface area contributed by atoms with Gasteiger partial charge in [-0.15, -0.1) is 0 Å². The van der Waals surface area contributed by atoms with Crippen LogP contribution in [0.2, 0.25) is 0 Å². The summed E-state index contributed by atoms with van der Waals surface area (Å²) in [5.74, 6) is -1.19. The Kier molecular flexibility index (Phi) is 6.56. The van der Waals surface area contributed by atoms with Crippen LogP contribution in [0.3, 0.4) is 0 Å². The largest absolute Gasteiger partial charge is 0.481 e. The predicted molar refractivity (Wildman–Crippen MR) is 107 cm³/mol. The van der Waals surface area contributed by atoms with Crippen molar-refractivity contribution in [3.05, 3.63) is 75.8 Å². The first-order chi connectivity index (χ1) is 14.0. The first-order valence-corrected chi connectivity index (χ1v) is 9.51. The molecule has 8 nitrogen and oxygen atoms in total. The van der Waals surface area contributed by atoms with Crippen molar-refractivity contribution in [1.82, 2.24) is 9.80 Å². The van der Waals surface area contributed by atoms with Gasteiger partial charge < -0.3 is 10.0 Å². The average Bonchev–Trinajstić information content (AvgIpc) is 2.74. The summed E-state index contributed by atoms with van der Waals surface area (Å²) >= 11 is 0. The van der Waals surface area contributed by atoms with Gasteiger partial charge in [-0.2, -0.15) is 0 Å². The number of nitro benzene ring substituents is 1. The third-order valence-corrected chi connectivity index (χ3v) is 5.19. The van der Waals surface area contributed by atoms with E-state index < -0.39 is 10.9 Å². The van der Waals surface area contributed by atoms with Gasteiger partial charge in [-0.25, -0.2) is 0 Å². The van der Waals surface area contributed by atoms with Crippen molar-refractivity contribution < 1.29 is 19.6 Å². The molecule has 29 heavy (non-hydrogen) atoms. The summed E-state index contributed by atoms with van der Waals surface area (Å²) in [5, 5.41) is 20.3. The minimum Gasteiger partial charge on any atom is -0.481 e. The second-order valence-electron chi connectivity index (χ2n) is 6.96. The van der Waals surface area contributed by atoms with E-state index in [1.165, 1.54) is 12.1 Å². The molecule has 0 aromatic heterocycles. The lowest BCUT2D eigenvalue weighted by Gasteiger charge is -2.39. The zero-order chi connectivity index (χ0) is 20.8. The van der Waals surface area contributed by atoms with E-state index in [1.807, 2.05) is 30.3 Å². The molecule has 1 amide bonds. The molecular weight excluding hydrogens is 374 g/mol. The number of aliphatic carboxylic acids is 1. The number of piperazine rings is 1. The van der Waals surface area contributed by atoms with Gasteiger partial charge in [-0.05, 0) is 18.1 Å². The Bertz CT molecular complexity index is 879. The molecule has 1 atom stereocenters. The van der Waals surface area contributed by atoms with Crippen LogP contribution in [0.4, 0.5) is 5.69 Å². The Morgan fingerprint density at radius 2 is 1.62 bits per heavy atom. The summed E-state index contributed by atoms with van der Waals surface area (Å²) in [5.41, 5.74) is 0.951. The van der Waals surface area contributed by atoms with Crippen molar-refractivity contribution in [3.63, 3.8) is 0 Å². The number of hydrogen-bond acceptors (Lipinski definition) is 5. The van der Waals surface area contributed by atoms with Gasteiger partial charge in [0.2, 0.25) is 0 Å². The third kappa shape index (κ3) is 4.97. The number of carboxylic acids is 1. The lowest BCUT2D eigenvalue weighted by molar-refractivity contribution is -0.385. The predicted octanol–water partition coefficient (Wildman–Crippen LogP) is 2.96. The second-order valence-corrected chi connectivity index (χ2v) is 6.96. The molecule has 1 aliphatic heterocycles. The standard InChI is InChI=1S/C21H23N3O5/c25-20(26)11-10-18(16-6-2-1-3-7-16)22-12-14-23(15-13-22)21(27)17-8-4-5-9-19(17)24(28)29/h1-9,18H,10-15H2,(H,25,26)/t18-/m1/s1. The number of nitro groups is 1. The molecule has 2 aromatic rings. The minimum absolute atomic E-state index is 0.0457. The first kappa shape index (κ1) is 20.5. The number of carbonyl (C=O) groups is 2. The maximum Gasteiger partial charge on any atom is 0.303 e. The summed E-state index contributed by atoms with van der Waals surface area (Å²) in [6.45, 7) is 2.01. The molecule has 0 radical (unpaired) electrons. The molecule has 1 heterocycles. The fourth-order valence-electron chi connectivity index (χ4n) is 3.72. The number of rotatable bonds is 7. The monoisotopic (exact) mass is 397 g/mol. The van der Waals surface area contributed by atoms with Gasteiger partial charge in [0.1, 0.15) is 5.56 Å². The Morgan fingerprint density at radius 3 is 2.24 bits per heavy atom. The molecule has 0 spiro atoms. The van der Waals surface area contributed by atoms with Crippen LogP contribution < -0.4 is 0 Å². The topological polar surface area (TPSA) is 104 Å². The number of amides is 1. The van der Waals surface area contributed by atoms with Crippen LogP contribution in [-0.2, 0) is 4.79 Å². The normalized spacial score (nSPS) is 15.7. The van der Waals surface area contributed by atoms with Gasteiger partial charge in [-0.3, -0.25) is 24.6 Å². The SMILES string of the molecule is O=C(O)CC[C@H](c1ccccc1)N1CCN(C(=O)c2ccccc2[N+](=O)[O-])CC1. The fourth-order valence-corrected chi connectivity index (χ4v) is 3.72. The zero-order valence-corrected chi connectivity index (χ0v) is 15.9. The van der Waals surface area contributed by atoms with E-state index in [4.69, 9.17) is 5.11 Å². The lowest BCUT2D eigenvalue weighted by Crippen LogP contribution is -2.49. The van der Waals surface area contributed by atoms with Crippen molar-refractivity contribution in [2.45, 2.75) is 18.9 Å². The number of carbonyl (C=O) groups excluding carboxylic acids is 1. The van der Waals surface area contributed by atoms with Crippen LogP contribution >= 0.6 is 0 Å². The van der Waals surface area contributed by atoms with Crippen LogP contribution in [0.25, 0.3) is 0 Å². The second kappa shape index (κ2) is 9.29. The van der Waals surface area contributed by atoms with Gasteiger partial charge >= 0.3 is 5.97 Å². The Hall–Kier alpha value is -3.26. The van der Waals surface area contributed by atoms with E-state index in [-0.39, 0.29) is 29.6 Å². The van der Waals surface area contributed by atoms with Crippen LogP contribution in [0.1, 0.15) is 34.8 Å². The van der Waals surface area contributed by atoms with Crippen LogP contribution in [0, 0.1) is 10.1 Å². The maximum absolute atomic E-state index is 12.8. The fraction of sp³-hybridized carbons (Fsp3) is 0.333. The van der Waals surface area contributed by atoms with Gasteiger partial charge in [0.05, 0.1) is 4.92 Å². The number of carboxylic acid groups (broad SMARTS) is 1. The molecule has 1 N–H and O–H groups in total. The van der Waals surface area contributed by atoms with E-state index in [2.05, 4.69) is 4.90 Å². The van der Waals surface area contributed by atoms with Gasteiger partial charge in [0.25, 0.3) is 11.6 Å². The number of nitrogens with zero attached hydrogens (tertiary/aromatic N) is 3. The Morgan fingerprint density at radius 1 is 1.00 bits per heavy atom. The van der Waals surface area contributed by atoms with E-state index in [0.717, 1.165) is 5.56 Å². The molecule has 2 aromatic carbocycles. The molecule has 1 saturated heterocycles. The van der Waals surface area contributed by atoms with Crippen molar-refractivity contribution >= 4 is 17.6 Å². The molecule has 152 valence electrons. The quantitative estimate of drug-likeness (QED) is 0.569. The third-order valence-electron chi connectivity index (χ3n) is 5.19. The highest BCUT2D eigenvalue weighted by Crippen LogP contribution is 2.28. The number of para-hydroxylation sites is 1. The molecule has 0 saturated carbocycles. The maximum atomic E-state index is 12.8. The zero-order valence-electron chi connectivity index (χ0n) is 15.9. The van der Waals surface area contributed by atoms with E-state index in [1.54, 1.807) is 17.0 Å². The molecular formula is C21H23N3O5. The van der Waals surface area contributed by atoms with Gasteiger partial charge in [0.15, 0.2) is 0 Å². The summed E-state index contributed by atoms with van der Waals surface area (Å²) in [6, 6.07) is 15.7. The van der Waals surface area contributed by atoms with Crippen molar-refractivity contribution in [2.24, 2.45) is 0 Å². The van der Waals surface area contributed by atoms with Gasteiger partial charge in [0, 0.05) is 44.7 Å². The Balaban J connectivity index is 1.70. The van der Waals surface area contributed by atoms with Crippen LogP contribution in [0.5, 0.6) is 0 Å². The molecule has 0 bridgehead atoms. The summed E-state index contributed by atoms with van der Waals surface area (Å²) in [4.78, 5) is 38.4.